The SMILES string of the molecule is CCOC(=O)c1c(S(=O)(=O)N2CCC[C@@H](C(=O)NCc3cccnc3)C2)c(C)n(C)c1C. The molecule has 1 saturated heterocycles. The molecule has 1 aliphatic heterocycles. The smallest absolute Gasteiger partial charge is 0.341 e. The molecule has 0 bridgehead atoms. The highest BCUT2D eigenvalue weighted by molar-refractivity contribution is 7.89. The zero-order valence-corrected chi connectivity index (χ0v) is 19.7. The molecule has 0 unspecified atom stereocenters. The van der Waals surface area contributed by atoms with E-state index in [0.717, 1.165) is 5.56 Å². The number of carbonyl (C=O) groups excluding carboxylic acids is 2. The van der Waals surface area contributed by atoms with Gasteiger partial charge in [0.2, 0.25) is 15.9 Å². The average molecular weight is 463 g/mol. The first-order valence-electron chi connectivity index (χ1n) is 10.7. The second kappa shape index (κ2) is 9.83. The van der Waals surface area contributed by atoms with Gasteiger partial charge in [-0.05, 0) is 45.2 Å². The van der Waals surface area contributed by atoms with Crippen molar-refractivity contribution in [2.24, 2.45) is 13.0 Å². The minimum atomic E-state index is -4.00. The average Bonchev–Trinajstić information content (AvgIpc) is 3.03. The van der Waals surface area contributed by atoms with Crippen LogP contribution in [0.4, 0.5) is 0 Å². The van der Waals surface area contributed by atoms with Crippen LogP contribution in [0.1, 0.15) is 47.1 Å². The van der Waals surface area contributed by atoms with Gasteiger partial charge in [-0.3, -0.25) is 9.78 Å². The van der Waals surface area contributed by atoms with Gasteiger partial charge in [-0.2, -0.15) is 4.31 Å². The Morgan fingerprint density at radius 3 is 2.69 bits per heavy atom. The molecule has 10 heteroatoms. The highest BCUT2D eigenvalue weighted by atomic mass is 32.2. The first kappa shape index (κ1) is 23.9. The van der Waals surface area contributed by atoms with Gasteiger partial charge in [-0.15, -0.1) is 0 Å². The molecular formula is C22H30N4O5S. The highest BCUT2D eigenvalue weighted by Crippen LogP contribution is 2.32. The molecule has 2 aromatic rings. The number of sulfonamides is 1. The van der Waals surface area contributed by atoms with E-state index in [1.54, 1.807) is 50.8 Å². The molecule has 1 aliphatic rings. The molecule has 0 aliphatic carbocycles. The van der Waals surface area contributed by atoms with E-state index in [1.165, 1.54) is 4.31 Å². The van der Waals surface area contributed by atoms with Crippen LogP contribution in [0.3, 0.4) is 0 Å². The quantitative estimate of drug-likeness (QED) is 0.630. The zero-order valence-electron chi connectivity index (χ0n) is 18.9. The number of piperidine rings is 1. The molecular weight excluding hydrogens is 432 g/mol. The van der Waals surface area contributed by atoms with Crippen LogP contribution in [-0.4, -0.2) is 53.8 Å². The first-order chi connectivity index (χ1) is 15.2. The van der Waals surface area contributed by atoms with E-state index in [-0.39, 0.29) is 29.5 Å². The summed E-state index contributed by atoms with van der Waals surface area (Å²) >= 11 is 0. The van der Waals surface area contributed by atoms with E-state index >= 15 is 0 Å². The Balaban J connectivity index is 1.82. The minimum Gasteiger partial charge on any atom is -0.462 e. The predicted octanol–water partition coefficient (Wildman–Crippen LogP) is 1.93. The van der Waals surface area contributed by atoms with Gasteiger partial charge < -0.3 is 14.6 Å². The molecule has 3 heterocycles. The van der Waals surface area contributed by atoms with Crippen LogP contribution in [0.25, 0.3) is 0 Å². The molecule has 3 rings (SSSR count). The van der Waals surface area contributed by atoms with Gasteiger partial charge in [0.05, 0.1) is 12.5 Å². The molecule has 9 nitrogen and oxygen atoms in total. The summed E-state index contributed by atoms with van der Waals surface area (Å²) in [6, 6.07) is 3.66. The topological polar surface area (TPSA) is 111 Å². The van der Waals surface area contributed by atoms with E-state index in [1.807, 2.05) is 6.07 Å². The fourth-order valence-corrected chi connectivity index (χ4v) is 6.02. The summed E-state index contributed by atoms with van der Waals surface area (Å²) in [7, 11) is -2.28. The molecule has 0 radical (unpaired) electrons. The Morgan fingerprint density at radius 2 is 2.03 bits per heavy atom. The van der Waals surface area contributed by atoms with Crippen molar-refractivity contribution in [3.8, 4) is 0 Å². The third-order valence-electron chi connectivity index (χ3n) is 5.95. The molecule has 0 aromatic carbocycles. The summed E-state index contributed by atoms with van der Waals surface area (Å²) in [5.74, 6) is -1.32. The Morgan fingerprint density at radius 1 is 1.28 bits per heavy atom. The maximum absolute atomic E-state index is 13.6. The van der Waals surface area contributed by atoms with Crippen LogP contribution in [-0.2, 0) is 33.1 Å². The van der Waals surface area contributed by atoms with Crippen LogP contribution in [0.2, 0.25) is 0 Å². The summed E-state index contributed by atoms with van der Waals surface area (Å²) < 4.78 is 35.4. The van der Waals surface area contributed by atoms with Gasteiger partial charge in [-0.1, -0.05) is 6.07 Å². The van der Waals surface area contributed by atoms with E-state index in [2.05, 4.69) is 10.3 Å². The fraction of sp³-hybridized carbons (Fsp3) is 0.500. The Bertz CT molecular complexity index is 1100. The van der Waals surface area contributed by atoms with Gasteiger partial charge in [0.15, 0.2) is 0 Å². The maximum Gasteiger partial charge on any atom is 0.341 e. The van der Waals surface area contributed by atoms with Gasteiger partial charge in [0.25, 0.3) is 0 Å². The first-order valence-corrected chi connectivity index (χ1v) is 12.1. The van der Waals surface area contributed by atoms with Gasteiger partial charge in [-0.25, -0.2) is 13.2 Å². The normalized spacial score (nSPS) is 17.2. The number of rotatable bonds is 7. The molecule has 32 heavy (non-hydrogen) atoms. The fourth-order valence-electron chi connectivity index (χ4n) is 4.02. The lowest BCUT2D eigenvalue weighted by Crippen LogP contribution is -2.45. The number of hydrogen-bond acceptors (Lipinski definition) is 6. The van der Waals surface area contributed by atoms with Crippen LogP contribution < -0.4 is 5.32 Å². The van der Waals surface area contributed by atoms with Crippen molar-refractivity contribution in [3.05, 3.63) is 47.0 Å². The summed E-state index contributed by atoms with van der Waals surface area (Å²) in [5, 5.41) is 2.87. The number of nitrogens with one attached hydrogen (secondary N) is 1. The van der Waals surface area contributed by atoms with E-state index < -0.39 is 21.9 Å². The monoisotopic (exact) mass is 462 g/mol. The van der Waals surface area contributed by atoms with Crippen molar-refractivity contribution in [3.63, 3.8) is 0 Å². The molecule has 174 valence electrons. The van der Waals surface area contributed by atoms with Crippen molar-refractivity contribution in [2.75, 3.05) is 19.7 Å². The van der Waals surface area contributed by atoms with Crippen molar-refractivity contribution in [1.29, 1.82) is 0 Å². The van der Waals surface area contributed by atoms with Crippen LogP contribution in [0.15, 0.2) is 29.4 Å². The van der Waals surface area contributed by atoms with Crippen molar-refractivity contribution in [2.45, 2.75) is 45.1 Å². The standard InChI is InChI=1S/C22H30N4O5S/c1-5-31-22(28)19-15(2)25(4)16(3)20(19)32(29,30)26-11-7-9-18(14-26)21(27)24-13-17-8-6-10-23-12-17/h6,8,10,12,18H,5,7,9,11,13-14H2,1-4H3,(H,24,27)/t18-/m1/s1. The predicted molar refractivity (Wildman–Crippen MR) is 118 cm³/mol. The van der Waals surface area contributed by atoms with Crippen LogP contribution >= 0.6 is 0 Å². The maximum atomic E-state index is 13.6. The number of pyridine rings is 1. The third-order valence-corrected chi connectivity index (χ3v) is 7.97. The van der Waals surface area contributed by atoms with Gasteiger partial charge in [0.1, 0.15) is 10.5 Å². The lowest BCUT2D eigenvalue weighted by atomic mass is 9.99. The largest absolute Gasteiger partial charge is 0.462 e. The summed E-state index contributed by atoms with van der Waals surface area (Å²) in [5.41, 5.74) is 1.93. The number of ether oxygens (including phenoxy) is 1. The van der Waals surface area contributed by atoms with Gasteiger partial charge in [0, 0.05) is 50.5 Å². The molecule has 0 saturated carbocycles. The lowest BCUT2D eigenvalue weighted by molar-refractivity contribution is -0.126. The molecule has 1 atom stereocenters. The summed E-state index contributed by atoms with van der Waals surface area (Å²) in [6.45, 7) is 5.89. The number of esters is 1. The van der Waals surface area contributed by atoms with E-state index in [9.17, 15) is 18.0 Å². The number of nitrogens with zero attached hydrogens (tertiary/aromatic N) is 3. The van der Waals surface area contributed by atoms with Crippen LogP contribution in [0.5, 0.6) is 0 Å². The zero-order chi connectivity index (χ0) is 23.5. The number of hydrogen-bond donors (Lipinski definition) is 1. The third kappa shape index (κ3) is 4.71. The Labute approximate surface area is 188 Å². The lowest BCUT2D eigenvalue weighted by Gasteiger charge is -2.31. The van der Waals surface area contributed by atoms with Crippen molar-refractivity contribution >= 4 is 21.9 Å². The van der Waals surface area contributed by atoms with Crippen molar-refractivity contribution < 1.29 is 22.7 Å². The van der Waals surface area contributed by atoms with Crippen molar-refractivity contribution in [1.82, 2.24) is 19.2 Å². The second-order valence-electron chi connectivity index (χ2n) is 7.94. The molecule has 1 fully saturated rings. The molecule has 1 N–H and O–H groups in total. The Kier molecular flexibility index (Phi) is 7.35. The summed E-state index contributed by atoms with van der Waals surface area (Å²) in [4.78, 5) is 29.3. The minimum absolute atomic E-state index is 0.0348. The second-order valence-corrected chi connectivity index (χ2v) is 9.81. The Hall–Kier alpha value is -2.72. The summed E-state index contributed by atoms with van der Waals surface area (Å²) in [6.07, 6.45) is 4.49. The highest BCUT2D eigenvalue weighted by Gasteiger charge is 2.38. The number of aromatic nitrogens is 2. The molecule has 2 aromatic heterocycles. The van der Waals surface area contributed by atoms with E-state index in [0.29, 0.717) is 37.3 Å². The number of carbonyl (C=O) groups is 2. The van der Waals surface area contributed by atoms with Gasteiger partial charge >= 0.3 is 5.97 Å². The van der Waals surface area contributed by atoms with E-state index in [4.69, 9.17) is 4.74 Å². The molecule has 1 amide bonds. The molecule has 0 spiro atoms. The van der Waals surface area contributed by atoms with Crippen LogP contribution in [0, 0.1) is 19.8 Å². The number of amides is 1.